The Morgan fingerprint density at radius 1 is 0.913 bits per heavy atom. The second-order valence-corrected chi connectivity index (χ2v) is 6.47. The molecular weight excluding hydrogens is 304 g/mol. The first-order chi connectivity index (χ1) is 11.2. The van der Waals surface area contributed by atoms with Gasteiger partial charge in [-0.25, -0.2) is 4.98 Å². The maximum atomic E-state index is 12.0. The van der Waals surface area contributed by atoms with Crippen molar-refractivity contribution < 1.29 is 0 Å². The summed E-state index contributed by atoms with van der Waals surface area (Å²) >= 11 is 1.48. The van der Waals surface area contributed by atoms with E-state index in [4.69, 9.17) is 0 Å². The lowest BCUT2D eigenvalue weighted by molar-refractivity contribution is 1.06. The van der Waals surface area contributed by atoms with Gasteiger partial charge in [-0.3, -0.25) is 4.79 Å². The molecule has 2 aromatic heterocycles. The smallest absolute Gasteiger partial charge is 0.268 e. The molecule has 3 nitrogen and oxygen atoms in total. The third kappa shape index (κ3) is 2.58. The Morgan fingerprint density at radius 3 is 2.30 bits per heavy atom. The molecule has 4 rings (SSSR count). The van der Waals surface area contributed by atoms with Gasteiger partial charge in [-0.15, -0.1) is 11.3 Å². The van der Waals surface area contributed by atoms with Crippen LogP contribution in [0.2, 0.25) is 0 Å². The third-order valence-electron chi connectivity index (χ3n) is 3.78. The molecule has 0 radical (unpaired) electrons. The van der Waals surface area contributed by atoms with Crippen molar-refractivity contribution in [2.45, 2.75) is 6.92 Å². The van der Waals surface area contributed by atoms with Crippen LogP contribution in [0.15, 0.2) is 65.5 Å². The van der Waals surface area contributed by atoms with Crippen LogP contribution in [-0.2, 0) is 0 Å². The molecule has 0 unspecified atom stereocenters. The number of nitrogens with one attached hydrogen (secondary N) is 1. The second kappa shape index (κ2) is 5.48. The molecule has 0 fully saturated rings. The van der Waals surface area contributed by atoms with Gasteiger partial charge >= 0.3 is 0 Å². The predicted octanol–water partition coefficient (Wildman–Crippen LogP) is 4.63. The summed E-state index contributed by atoms with van der Waals surface area (Å²) in [6, 6.07) is 20.7. The van der Waals surface area contributed by atoms with E-state index in [9.17, 15) is 4.79 Å². The predicted molar refractivity (Wildman–Crippen MR) is 95.8 cm³/mol. The van der Waals surface area contributed by atoms with Gasteiger partial charge in [-0.1, -0.05) is 54.6 Å². The van der Waals surface area contributed by atoms with Crippen molar-refractivity contribution in [3.05, 3.63) is 76.8 Å². The summed E-state index contributed by atoms with van der Waals surface area (Å²) in [5.74, 6) is 0.645. The fourth-order valence-corrected chi connectivity index (χ4v) is 3.65. The normalized spacial score (nSPS) is 11.0. The summed E-state index contributed by atoms with van der Waals surface area (Å²) in [4.78, 5) is 20.2. The molecule has 0 aliphatic carbocycles. The van der Waals surface area contributed by atoms with Crippen LogP contribution in [0.4, 0.5) is 0 Å². The fraction of sp³-hybridized carbons (Fsp3) is 0.0526. The first kappa shape index (κ1) is 13.9. The summed E-state index contributed by atoms with van der Waals surface area (Å²) in [5.41, 5.74) is 4.18. The number of rotatable bonds is 2. The van der Waals surface area contributed by atoms with Crippen molar-refractivity contribution in [3.8, 4) is 21.6 Å². The summed E-state index contributed by atoms with van der Waals surface area (Å²) in [6.45, 7) is 1.80. The van der Waals surface area contributed by atoms with E-state index in [0.717, 1.165) is 16.0 Å². The maximum absolute atomic E-state index is 12.0. The minimum absolute atomic E-state index is 0.0651. The number of aryl methyl sites for hydroxylation is 1. The van der Waals surface area contributed by atoms with Gasteiger partial charge in [0.15, 0.2) is 0 Å². The van der Waals surface area contributed by atoms with Crippen LogP contribution < -0.4 is 5.56 Å². The van der Waals surface area contributed by atoms with Crippen LogP contribution in [0.25, 0.3) is 31.8 Å². The number of thiophene rings is 1. The third-order valence-corrected chi connectivity index (χ3v) is 4.95. The van der Waals surface area contributed by atoms with E-state index in [-0.39, 0.29) is 5.56 Å². The minimum atomic E-state index is -0.0651. The Bertz CT molecular complexity index is 1030. The number of benzene rings is 2. The van der Waals surface area contributed by atoms with Crippen LogP contribution in [-0.4, -0.2) is 9.97 Å². The molecule has 0 saturated carbocycles. The highest BCUT2D eigenvalue weighted by molar-refractivity contribution is 7.22. The average Bonchev–Trinajstić information content (AvgIpc) is 3.00. The first-order valence-electron chi connectivity index (χ1n) is 7.37. The van der Waals surface area contributed by atoms with E-state index < -0.39 is 0 Å². The number of hydrogen-bond donors (Lipinski definition) is 1. The number of fused-ring (bicyclic) bond motifs is 1. The average molecular weight is 318 g/mol. The van der Waals surface area contributed by atoms with Gasteiger partial charge in [0.1, 0.15) is 10.5 Å². The summed E-state index contributed by atoms with van der Waals surface area (Å²) < 4.78 is 0.678. The highest BCUT2D eigenvalue weighted by atomic mass is 32.1. The molecule has 4 heteroatoms. The molecule has 4 aromatic rings. The van der Waals surface area contributed by atoms with Gasteiger partial charge < -0.3 is 4.98 Å². The molecule has 0 saturated heterocycles. The minimum Gasteiger partial charge on any atom is -0.310 e. The number of hydrogen-bond acceptors (Lipinski definition) is 3. The van der Waals surface area contributed by atoms with E-state index in [1.165, 1.54) is 22.5 Å². The molecular formula is C19H14N2OS. The Hall–Kier alpha value is -2.72. The lowest BCUT2D eigenvalue weighted by Crippen LogP contribution is -2.07. The summed E-state index contributed by atoms with van der Waals surface area (Å²) in [6.07, 6.45) is 0. The molecule has 2 aromatic carbocycles. The van der Waals surface area contributed by atoms with Gasteiger partial charge in [0.2, 0.25) is 0 Å². The van der Waals surface area contributed by atoms with E-state index in [0.29, 0.717) is 10.5 Å². The van der Waals surface area contributed by atoms with Crippen LogP contribution in [0, 0.1) is 6.92 Å². The molecule has 0 atom stereocenters. The number of aromatic amines is 1. The highest BCUT2D eigenvalue weighted by Crippen LogP contribution is 2.32. The highest BCUT2D eigenvalue weighted by Gasteiger charge is 2.09. The zero-order valence-electron chi connectivity index (χ0n) is 12.5. The molecule has 0 spiro atoms. The Morgan fingerprint density at radius 2 is 1.57 bits per heavy atom. The summed E-state index contributed by atoms with van der Waals surface area (Å²) in [5, 5.41) is 0. The van der Waals surface area contributed by atoms with Gasteiger partial charge in [-0.2, -0.15) is 0 Å². The Balaban J connectivity index is 1.76. The van der Waals surface area contributed by atoms with Crippen LogP contribution in [0.5, 0.6) is 0 Å². The van der Waals surface area contributed by atoms with Crippen LogP contribution >= 0.6 is 11.3 Å². The van der Waals surface area contributed by atoms with Crippen molar-refractivity contribution in [2.75, 3.05) is 0 Å². The maximum Gasteiger partial charge on any atom is 0.268 e. The molecule has 1 N–H and O–H groups in total. The van der Waals surface area contributed by atoms with Crippen LogP contribution in [0.3, 0.4) is 0 Å². The van der Waals surface area contributed by atoms with E-state index in [1.54, 1.807) is 6.92 Å². The van der Waals surface area contributed by atoms with Crippen molar-refractivity contribution >= 4 is 21.6 Å². The molecule has 0 bridgehead atoms. The Kier molecular flexibility index (Phi) is 3.32. The second-order valence-electron chi connectivity index (χ2n) is 5.42. The molecule has 0 aliphatic rings. The topological polar surface area (TPSA) is 45.8 Å². The Labute approximate surface area is 137 Å². The van der Waals surface area contributed by atoms with Gasteiger partial charge in [0, 0.05) is 4.88 Å². The van der Waals surface area contributed by atoms with E-state index in [2.05, 4.69) is 46.4 Å². The molecule has 0 amide bonds. The van der Waals surface area contributed by atoms with Gasteiger partial charge in [-0.05, 0) is 29.7 Å². The SMILES string of the molecule is Cc1nc2cc(-c3ccc(-c4ccccc4)cc3)sc2c(=O)[nH]1. The van der Waals surface area contributed by atoms with E-state index in [1.807, 2.05) is 24.3 Å². The van der Waals surface area contributed by atoms with Crippen LogP contribution in [0.1, 0.15) is 5.82 Å². The number of H-pyrrole nitrogens is 1. The van der Waals surface area contributed by atoms with Crippen molar-refractivity contribution in [3.63, 3.8) is 0 Å². The van der Waals surface area contributed by atoms with Crippen molar-refractivity contribution in [1.82, 2.24) is 9.97 Å². The van der Waals surface area contributed by atoms with E-state index >= 15 is 0 Å². The zero-order valence-corrected chi connectivity index (χ0v) is 13.4. The lowest BCUT2D eigenvalue weighted by atomic mass is 10.0. The van der Waals surface area contributed by atoms with Crippen molar-refractivity contribution in [2.24, 2.45) is 0 Å². The largest absolute Gasteiger partial charge is 0.310 e. The summed E-state index contributed by atoms with van der Waals surface area (Å²) in [7, 11) is 0. The molecule has 2 heterocycles. The zero-order chi connectivity index (χ0) is 15.8. The van der Waals surface area contributed by atoms with Gasteiger partial charge in [0.25, 0.3) is 5.56 Å². The van der Waals surface area contributed by atoms with Gasteiger partial charge in [0.05, 0.1) is 5.52 Å². The number of nitrogens with zero attached hydrogens (tertiary/aromatic N) is 1. The number of aromatic nitrogens is 2. The first-order valence-corrected chi connectivity index (χ1v) is 8.19. The fourth-order valence-electron chi connectivity index (χ4n) is 2.66. The molecule has 112 valence electrons. The quantitative estimate of drug-likeness (QED) is 0.586. The molecule has 23 heavy (non-hydrogen) atoms. The lowest BCUT2D eigenvalue weighted by Gasteiger charge is -2.02. The van der Waals surface area contributed by atoms with Crippen molar-refractivity contribution in [1.29, 1.82) is 0 Å². The molecule has 0 aliphatic heterocycles. The standard InChI is InChI=1S/C19H14N2OS/c1-12-20-16-11-17(23-18(16)19(22)21-12)15-9-7-14(8-10-15)13-5-3-2-4-6-13/h2-11H,1H3,(H,20,21,22). The monoisotopic (exact) mass is 318 g/mol.